The van der Waals surface area contributed by atoms with E-state index in [1.165, 1.54) is 16.3 Å². The average Bonchev–Trinajstić information content (AvgIpc) is 3.73. The minimum Gasteiger partial charge on any atom is -0.486 e. The van der Waals surface area contributed by atoms with Gasteiger partial charge in [0.05, 0.1) is 13.7 Å². The third kappa shape index (κ3) is 7.32. The van der Waals surface area contributed by atoms with Crippen molar-refractivity contribution in [1.29, 1.82) is 0 Å². The molecule has 0 saturated heterocycles. The zero-order valence-corrected chi connectivity index (χ0v) is 34.7. The number of aromatic nitrogens is 3. The van der Waals surface area contributed by atoms with Crippen LogP contribution in [-0.4, -0.2) is 23.0 Å². The first-order valence-electron chi connectivity index (χ1n) is 18.2. The molecule has 0 atom stereocenters. The molecule has 0 aliphatic heterocycles. The fourth-order valence-corrected chi connectivity index (χ4v) is 8.52. The van der Waals surface area contributed by atoms with Crippen LogP contribution in [0.5, 0.6) is 0 Å². The molecule has 0 saturated carbocycles. The van der Waals surface area contributed by atoms with Crippen LogP contribution in [0, 0.1) is 25.0 Å². The average molecular weight is 900 g/mol. The molecular formula is C47H41IrN3O2Si-2. The van der Waals surface area contributed by atoms with Gasteiger partial charge < -0.3 is 18.8 Å². The summed E-state index contributed by atoms with van der Waals surface area (Å²) in [5.41, 5.74) is 11.7. The van der Waals surface area contributed by atoms with Crippen molar-refractivity contribution in [2.45, 2.75) is 46.8 Å². The summed E-state index contributed by atoms with van der Waals surface area (Å²) in [5.74, 6) is 0.610. The SMILES string of the molecule is C[Si](C)(C)c1cnc(-c2[c-]cccc2)cc1-c1cccc2c1oc1ccccc12.Cc1ccc2c(n1)oc1c(-c3cc(CC(C)C)ccn3)[c-]ccc12.[Ir]. The van der Waals surface area contributed by atoms with Crippen molar-refractivity contribution in [3.8, 4) is 33.6 Å². The number of fused-ring (bicyclic) bond motifs is 6. The van der Waals surface area contributed by atoms with Gasteiger partial charge in [0.25, 0.3) is 0 Å². The summed E-state index contributed by atoms with van der Waals surface area (Å²) in [4.78, 5) is 13.8. The normalized spacial score (nSPS) is 11.6. The zero-order valence-electron chi connectivity index (χ0n) is 31.3. The number of rotatable bonds is 6. The molecule has 1 radical (unpaired) electrons. The largest absolute Gasteiger partial charge is 0.486 e. The van der Waals surface area contributed by atoms with E-state index >= 15 is 0 Å². The summed E-state index contributed by atoms with van der Waals surface area (Å²) < 4.78 is 12.4. The van der Waals surface area contributed by atoms with Crippen molar-refractivity contribution in [2.75, 3.05) is 0 Å². The van der Waals surface area contributed by atoms with E-state index in [2.05, 4.69) is 122 Å². The first-order chi connectivity index (χ1) is 25.6. The molecule has 9 rings (SSSR count). The minimum atomic E-state index is -1.63. The molecule has 0 aliphatic rings. The van der Waals surface area contributed by atoms with E-state index in [4.69, 9.17) is 13.8 Å². The van der Waals surface area contributed by atoms with Crippen LogP contribution in [0.25, 0.3) is 77.6 Å². The van der Waals surface area contributed by atoms with Crippen LogP contribution in [0.3, 0.4) is 0 Å². The molecule has 0 unspecified atom stereocenters. The topological polar surface area (TPSA) is 65.0 Å². The second-order valence-corrected chi connectivity index (χ2v) is 20.1. The molecule has 0 N–H and O–H groups in total. The van der Waals surface area contributed by atoms with Gasteiger partial charge in [-0.2, -0.15) is 0 Å². The van der Waals surface area contributed by atoms with Gasteiger partial charge in [0.1, 0.15) is 11.2 Å². The van der Waals surface area contributed by atoms with Gasteiger partial charge >= 0.3 is 0 Å². The van der Waals surface area contributed by atoms with Crippen molar-refractivity contribution < 1.29 is 28.9 Å². The molecule has 0 spiro atoms. The van der Waals surface area contributed by atoms with Gasteiger partial charge in [-0.1, -0.05) is 98.5 Å². The van der Waals surface area contributed by atoms with Gasteiger partial charge in [-0.15, -0.1) is 54.1 Å². The summed E-state index contributed by atoms with van der Waals surface area (Å²) >= 11 is 0. The van der Waals surface area contributed by atoms with Gasteiger partial charge in [-0.05, 0) is 65.7 Å². The van der Waals surface area contributed by atoms with Crippen LogP contribution in [0.1, 0.15) is 25.1 Å². The first kappa shape index (κ1) is 37.1. The number of para-hydroxylation sites is 2. The maximum atomic E-state index is 6.34. The van der Waals surface area contributed by atoms with Crippen molar-refractivity contribution in [3.63, 3.8) is 0 Å². The first-order valence-corrected chi connectivity index (χ1v) is 21.7. The quantitative estimate of drug-likeness (QED) is 0.123. The van der Waals surface area contributed by atoms with Crippen molar-refractivity contribution in [1.82, 2.24) is 15.0 Å². The smallest absolute Gasteiger partial charge is 0.216 e. The molecule has 0 fully saturated rings. The van der Waals surface area contributed by atoms with Crippen LogP contribution in [0.2, 0.25) is 19.6 Å². The number of hydrogen-bond donors (Lipinski definition) is 0. The van der Waals surface area contributed by atoms with Gasteiger partial charge in [0.15, 0.2) is 0 Å². The Hall–Kier alpha value is -5.20. The number of aryl methyl sites for hydroxylation is 1. The second kappa shape index (κ2) is 15.3. The number of hydrogen-bond acceptors (Lipinski definition) is 5. The Balaban J connectivity index is 0.000000166. The molecular weight excluding hydrogens is 859 g/mol. The predicted molar refractivity (Wildman–Crippen MR) is 221 cm³/mol. The molecule has 9 aromatic rings. The van der Waals surface area contributed by atoms with Crippen molar-refractivity contribution >= 4 is 57.3 Å². The van der Waals surface area contributed by atoms with Crippen LogP contribution in [0.4, 0.5) is 0 Å². The molecule has 271 valence electrons. The standard InChI is InChI=1S/C26H22NOSi.C21H19N2O.Ir/c1-29(2,3)25-17-27-23(18-10-5-4-6-11-18)16-22(25)21-14-9-13-20-19-12-7-8-15-24(19)28-26(20)21;1-13(2)11-15-9-10-22-19(12-15)18-6-4-5-16-17-8-7-14(3)23-21(17)24-20(16)18;/h4-10,12-17H,1-3H3;4-5,7-10,12-13H,11H2,1-3H3;/q2*-1;. The Kier molecular flexibility index (Phi) is 10.5. The van der Waals surface area contributed by atoms with E-state index < -0.39 is 8.07 Å². The number of furan rings is 2. The van der Waals surface area contributed by atoms with Gasteiger partial charge in [0.2, 0.25) is 5.71 Å². The Labute approximate surface area is 330 Å². The third-order valence-electron chi connectivity index (χ3n) is 9.55. The van der Waals surface area contributed by atoms with Crippen molar-refractivity contribution in [2.24, 2.45) is 5.92 Å². The molecule has 0 aliphatic carbocycles. The number of nitrogens with zero attached hydrogens (tertiary/aromatic N) is 3. The Morgan fingerprint density at radius 1 is 0.685 bits per heavy atom. The molecule has 7 heteroatoms. The number of benzene rings is 4. The summed E-state index contributed by atoms with van der Waals surface area (Å²) in [7, 11) is -1.63. The molecule has 0 amide bonds. The van der Waals surface area contributed by atoms with E-state index in [9.17, 15) is 0 Å². The van der Waals surface area contributed by atoms with E-state index in [-0.39, 0.29) is 20.1 Å². The maximum Gasteiger partial charge on any atom is 0.216 e. The van der Waals surface area contributed by atoms with E-state index in [1.54, 1.807) is 0 Å². The molecule has 5 nitrogen and oxygen atoms in total. The van der Waals surface area contributed by atoms with Gasteiger partial charge in [0, 0.05) is 59.9 Å². The summed E-state index contributed by atoms with van der Waals surface area (Å²) in [6.45, 7) is 13.5. The van der Waals surface area contributed by atoms with E-state index in [0.29, 0.717) is 11.6 Å². The van der Waals surface area contributed by atoms with E-state index in [1.807, 2.05) is 61.7 Å². The van der Waals surface area contributed by atoms with E-state index in [0.717, 1.165) is 78.5 Å². The fourth-order valence-electron chi connectivity index (χ4n) is 7.05. The Morgan fingerprint density at radius 2 is 1.48 bits per heavy atom. The third-order valence-corrected chi connectivity index (χ3v) is 11.6. The summed E-state index contributed by atoms with van der Waals surface area (Å²) in [5, 5.41) is 5.74. The van der Waals surface area contributed by atoms with Crippen LogP contribution >= 0.6 is 0 Å². The molecule has 4 aromatic carbocycles. The predicted octanol–water partition coefficient (Wildman–Crippen LogP) is 12.0. The van der Waals surface area contributed by atoms with Crippen LogP contribution in [0.15, 0.2) is 130 Å². The molecule has 5 aromatic heterocycles. The maximum absolute atomic E-state index is 6.34. The monoisotopic (exact) mass is 900 g/mol. The summed E-state index contributed by atoms with van der Waals surface area (Å²) in [6.07, 6.45) is 4.97. The van der Waals surface area contributed by atoms with Crippen LogP contribution in [-0.2, 0) is 26.5 Å². The minimum absolute atomic E-state index is 0. The van der Waals surface area contributed by atoms with Gasteiger partial charge in [-0.25, -0.2) is 4.98 Å². The molecule has 0 bridgehead atoms. The fraction of sp³-hybridized carbons (Fsp3) is 0.170. The Morgan fingerprint density at radius 3 is 2.28 bits per heavy atom. The summed E-state index contributed by atoms with van der Waals surface area (Å²) in [6, 6.07) is 43.8. The zero-order chi connectivity index (χ0) is 36.7. The van der Waals surface area contributed by atoms with Gasteiger partial charge in [-0.3, -0.25) is 0 Å². The Bertz CT molecular complexity index is 2750. The number of pyridine rings is 3. The molecule has 54 heavy (non-hydrogen) atoms. The van der Waals surface area contributed by atoms with Crippen molar-refractivity contribution in [3.05, 3.63) is 145 Å². The van der Waals surface area contributed by atoms with Crippen LogP contribution < -0.4 is 5.19 Å². The second-order valence-electron chi connectivity index (χ2n) is 15.1. The molecule has 5 heterocycles.